The quantitative estimate of drug-likeness (QED) is 0.660. The number of aryl methyl sites for hydroxylation is 1. The van der Waals surface area contributed by atoms with Crippen LogP contribution in [-0.2, 0) is 0 Å². The minimum absolute atomic E-state index is 0.310. The van der Waals surface area contributed by atoms with Crippen LogP contribution in [0, 0.1) is 12.8 Å². The Hall–Kier alpha value is -2.81. The summed E-state index contributed by atoms with van der Waals surface area (Å²) in [7, 11) is 2.09. The van der Waals surface area contributed by atoms with Crippen molar-refractivity contribution in [3.63, 3.8) is 0 Å². The van der Waals surface area contributed by atoms with Crippen molar-refractivity contribution in [1.82, 2.24) is 4.98 Å². The smallest absolute Gasteiger partial charge is 0.129 e. The molecule has 3 nitrogen and oxygen atoms in total. The van der Waals surface area contributed by atoms with Crippen LogP contribution in [0.3, 0.4) is 0 Å². The molecule has 0 bridgehead atoms. The van der Waals surface area contributed by atoms with Gasteiger partial charge in [-0.15, -0.1) is 0 Å². The third kappa shape index (κ3) is 4.05. The average Bonchev–Trinajstić information content (AvgIpc) is 2.64. The zero-order valence-corrected chi connectivity index (χ0v) is 15.9. The van der Waals surface area contributed by atoms with E-state index in [1.54, 1.807) is 6.07 Å². The molecule has 1 aromatic heterocycles. The van der Waals surface area contributed by atoms with Crippen molar-refractivity contribution in [2.45, 2.75) is 20.8 Å². The number of benzene rings is 2. The molecule has 0 saturated heterocycles. The van der Waals surface area contributed by atoms with E-state index in [2.05, 4.69) is 62.2 Å². The first kappa shape index (κ1) is 18.0. The standard InChI is InChI=1S/C23H26N2O/c1-16(2)15-25(4)23-14-20(18-8-6-5-7-9-18)13-21(24-23)19-10-11-22(26)17(3)12-19/h5-14,16,26H,15H2,1-4H3. The summed E-state index contributed by atoms with van der Waals surface area (Å²) in [6, 6.07) is 20.3. The first-order valence-electron chi connectivity index (χ1n) is 9.02. The van der Waals surface area contributed by atoms with Gasteiger partial charge in [-0.3, -0.25) is 0 Å². The van der Waals surface area contributed by atoms with Crippen LogP contribution in [0.5, 0.6) is 5.75 Å². The number of aromatic hydroxyl groups is 1. The molecule has 0 unspecified atom stereocenters. The summed E-state index contributed by atoms with van der Waals surface area (Å²) < 4.78 is 0. The Bertz CT molecular complexity index is 888. The van der Waals surface area contributed by atoms with Gasteiger partial charge in [0.25, 0.3) is 0 Å². The van der Waals surface area contributed by atoms with Crippen molar-refractivity contribution in [1.29, 1.82) is 0 Å². The largest absolute Gasteiger partial charge is 0.508 e. The van der Waals surface area contributed by atoms with Crippen LogP contribution in [-0.4, -0.2) is 23.7 Å². The maximum Gasteiger partial charge on any atom is 0.129 e. The number of phenolic OH excluding ortho intramolecular Hbond substituents is 1. The minimum atomic E-state index is 0.310. The SMILES string of the molecule is Cc1cc(-c2cc(-c3ccccc3)cc(N(C)CC(C)C)n2)ccc1O. The minimum Gasteiger partial charge on any atom is -0.508 e. The summed E-state index contributed by atoms with van der Waals surface area (Å²) in [5.41, 5.74) is 5.10. The summed E-state index contributed by atoms with van der Waals surface area (Å²) in [4.78, 5) is 7.10. The molecule has 0 radical (unpaired) electrons. The number of hydrogen-bond acceptors (Lipinski definition) is 3. The van der Waals surface area contributed by atoms with Gasteiger partial charge in [0.2, 0.25) is 0 Å². The second-order valence-corrected chi connectivity index (χ2v) is 7.24. The normalized spacial score (nSPS) is 11.0. The van der Waals surface area contributed by atoms with Crippen LogP contribution in [0.2, 0.25) is 0 Å². The second-order valence-electron chi connectivity index (χ2n) is 7.24. The summed E-state index contributed by atoms with van der Waals surface area (Å²) in [6.07, 6.45) is 0. The molecule has 0 fully saturated rings. The van der Waals surface area contributed by atoms with E-state index in [0.717, 1.165) is 34.7 Å². The van der Waals surface area contributed by atoms with Crippen LogP contribution in [0.25, 0.3) is 22.4 Å². The van der Waals surface area contributed by atoms with E-state index in [1.165, 1.54) is 5.56 Å². The Balaban J connectivity index is 2.12. The summed E-state index contributed by atoms with van der Waals surface area (Å²) in [6.45, 7) is 7.27. The van der Waals surface area contributed by atoms with E-state index in [1.807, 2.05) is 25.1 Å². The van der Waals surface area contributed by atoms with Crippen molar-refractivity contribution in [2.24, 2.45) is 5.92 Å². The highest BCUT2D eigenvalue weighted by Crippen LogP contribution is 2.31. The fraction of sp³-hybridized carbons (Fsp3) is 0.261. The Labute approximate surface area is 156 Å². The van der Waals surface area contributed by atoms with Crippen LogP contribution in [0.4, 0.5) is 5.82 Å². The van der Waals surface area contributed by atoms with E-state index in [0.29, 0.717) is 11.7 Å². The highest BCUT2D eigenvalue weighted by Gasteiger charge is 2.12. The molecule has 0 aliphatic heterocycles. The van der Waals surface area contributed by atoms with Crippen molar-refractivity contribution in [3.05, 3.63) is 66.2 Å². The number of aromatic nitrogens is 1. The highest BCUT2D eigenvalue weighted by molar-refractivity contribution is 5.74. The van der Waals surface area contributed by atoms with Crippen LogP contribution >= 0.6 is 0 Å². The number of hydrogen-bond donors (Lipinski definition) is 1. The van der Waals surface area contributed by atoms with E-state index < -0.39 is 0 Å². The van der Waals surface area contributed by atoms with E-state index in [4.69, 9.17) is 4.98 Å². The predicted octanol–water partition coefficient (Wildman–Crippen LogP) is 5.52. The molecule has 26 heavy (non-hydrogen) atoms. The third-order valence-electron chi connectivity index (χ3n) is 4.44. The average molecular weight is 346 g/mol. The third-order valence-corrected chi connectivity index (χ3v) is 4.44. The fourth-order valence-electron chi connectivity index (χ4n) is 3.11. The summed E-state index contributed by atoms with van der Waals surface area (Å²) >= 11 is 0. The molecule has 0 amide bonds. The Morgan fingerprint density at radius 3 is 2.31 bits per heavy atom. The van der Waals surface area contributed by atoms with Crippen molar-refractivity contribution in [3.8, 4) is 28.1 Å². The molecular weight excluding hydrogens is 320 g/mol. The zero-order valence-electron chi connectivity index (χ0n) is 15.9. The second kappa shape index (κ2) is 7.61. The maximum atomic E-state index is 9.84. The fourth-order valence-corrected chi connectivity index (χ4v) is 3.11. The number of rotatable bonds is 5. The van der Waals surface area contributed by atoms with Gasteiger partial charge < -0.3 is 10.0 Å². The molecule has 134 valence electrons. The zero-order chi connectivity index (χ0) is 18.7. The number of anilines is 1. The molecule has 0 spiro atoms. The molecule has 0 atom stereocenters. The molecule has 3 rings (SSSR count). The first-order valence-corrected chi connectivity index (χ1v) is 9.02. The molecule has 3 heteroatoms. The van der Waals surface area contributed by atoms with Gasteiger partial charge in [-0.25, -0.2) is 4.98 Å². The van der Waals surface area contributed by atoms with Gasteiger partial charge in [0.05, 0.1) is 5.69 Å². The number of phenols is 1. The Morgan fingerprint density at radius 2 is 1.65 bits per heavy atom. The summed E-state index contributed by atoms with van der Waals surface area (Å²) in [5.74, 6) is 1.83. The monoisotopic (exact) mass is 346 g/mol. The lowest BCUT2D eigenvalue weighted by Gasteiger charge is -2.22. The molecule has 0 aliphatic rings. The molecule has 0 saturated carbocycles. The van der Waals surface area contributed by atoms with E-state index >= 15 is 0 Å². The van der Waals surface area contributed by atoms with Crippen molar-refractivity contribution >= 4 is 5.82 Å². The topological polar surface area (TPSA) is 36.4 Å². The van der Waals surface area contributed by atoms with Gasteiger partial charge in [-0.05, 0) is 59.9 Å². The van der Waals surface area contributed by atoms with Gasteiger partial charge in [0.1, 0.15) is 11.6 Å². The Morgan fingerprint density at radius 1 is 0.923 bits per heavy atom. The maximum absolute atomic E-state index is 9.84. The van der Waals surface area contributed by atoms with Crippen molar-refractivity contribution < 1.29 is 5.11 Å². The molecule has 1 heterocycles. The van der Waals surface area contributed by atoms with Crippen molar-refractivity contribution in [2.75, 3.05) is 18.5 Å². The molecule has 1 N–H and O–H groups in total. The highest BCUT2D eigenvalue weighted by atomic mass is 16.3. The number of pyridine rings is 1. The van der Waals surface area contributed by atoms with Crippen LogP contribution in [0.15, 0.2) is 60.7 Å². The van der Waals surface area contributed by atoms with Crippen LogP contribution in [0.1, 0.15) is 19.4 Å². The lowest BCUT2D eigenvalue weighted by molar-refractivity contribution is 0.471. The lowest BCUT2D eigenvalue weighted by atomic mass is 10.0. The molecule has 0 aliphatic carbocycles. The summed E-state index contributed by atoms with van der Waals surface area (Å²) in [5, 5.41) is 9.84. The Kier molecular flexibility index (Phi) is 5.27. The number of nitrogens with zero attached hydrogens (tertiary/aromatic N) is 2. The van der Waals surface area contributed by atoms with Gasteiger partial charge in [0, 0.05) is 19.2 Å². The van der Waals surface area contributed by atoms with Crippen LogP contribution < -0.4 is 4.90 Å². The molecule has 3 aromatic rings. The molecule has 2 aromatic carbocycles. The molecular formula is C23H26N2O. The van der Waals surface area contributed by atoms with Gasteiger partial charge >= 0.3 is 0 Å². The van der Waals surface area contributed by atoms with Gasteiger partial charge in [-0.1, -0.05) is 44.2 Å². The first-order chi connectivity index (χ1) is 12.4. The van der Waals surface area contributed by atoms with E-state index in [-0.39, 0.29) is 0 Å². The predicted molar refractivity (Wildman–Crippen MR) is 110 cm³/mol. The van der Waals surface area contributed by atoms with E-state index in [9.17, 15) is 5.11 Å². The van der Waals surface area contributed by atoms with Gasteiger partial charge in [-0.2, -0.15) is 0 Å². The van der Waals surface area contributed by atoms with Gasteiger partial charge in [0.15, 0.2) is 0 Å². The lowest BCUT2D eigenvalue weighted by Crippen LogP contribution is -2.23.